The first kappa shape index (κ1) is 16.0. The molecule has 2 nitrogen and oxygen atoms in total. The molecule has 21 heavy (non-hydrogen) atoms. The van der Waals surface area contributed by atoms with Gasteiger partial charge in [0.1, 0.15) is 0 Å². The van der Waals surface area contributed by atoms with Gasteiger partial charge in [-0.3, -0.25) is 0 Å². The van der Waals surface area contributed by atoms with Crippen LogP contribution < -0.4 is 0 Å². The number of hydrogen-bond donors (Lipinski definition) is 0. The lowest BCUT2D eigenvalue weighted by Gasteiger charge is -2.57. The first-order valence-electron chi connectivity index (χ1n) is 9.34. The van der Waals surface area contributed by atoms with E-state index in [2.05, 4.69) is 13.8 Å². The molecule has 0 N–H and O–H groups in total. The second-order valence-corrected chi connectivity index (χ2v) is 9.81. The zero-order valence-corrected chi connectivity index (χ0v) is 15.0. The molecule has 3 heteroatoms. The zero-order valence-electron chi connectivity index (χ0n) is 14.0. The van der Waals surface area contributed by atoms with E-state index in [1.807, 2.05) is 0 Å². The van der Waals surface area contributed by atoms with Crippen molar-refractivity contribution in [3.63, 3.8) is 0 Å². The molecule has 0 aromatic heterocycles. The van der Waals surface area contributed by atoms with Crippen molar-refractivity contribution in [2.24, 2.45) is 23.2 Å². The molecule has 0 unspecified atom stereocenters. The summed E-state index contributed by atoms with van der Waals surface area (Å²) >= 11 is 0. The summed E-state index contributed by atoms with van der Waals surface area (Å²) in [4.78, 5) is 0. The molecule has 121 valence electrons. The Morgan fingerprint density at radius 1 is 0.857 bits per heavy atom. The molecule has 4 saturated carbocycles. The Hall–Kier alpha value is 0.137. The SMILES string of the molecule is CCCO[Si](CCC12CC3CC(CC(C3)C1)C2)OCCC. The monoisotopic (exact) mass is 309 g/mol. The highest BCUT2D eigenvalue weighted by atomic mass is 28.3. The van der Waals surface area contributed by atoms with Crippen LogP contribution in [0.25, 0.3) is 0 Å². The smallest absolute Gasteiger partial charge is 0.384 e. The summed E-state index contributed by atoms with van der Waals surface area (Å²) in [5.74, 6) is 3.21. The fourth-order valence-electron chi connectivity index (χ4n) is 5.58. The van der Waals surface area contributed by atoms with E-state index in [9.17, 15) is 0 Å². The molecule has 0 saturated heterocycles. The lowest BCUT2D eigenvalue weighted by molar-refractivity contribution is -0.0554. The van der Waals surface area contributed by atoms with Crippen LogP contribution in [0.15, 0.2) is 0 Å². The molecule has 4 bridgehead atoms. The summed E-state index contributed by atoms with van der Waals surface area (Å²) < 4.78 is 12.1. The molecule has 4 rings (SSSR count). The fourth-order valence-corrected chi connectivity index (χ4v) is 7.55. The maximum absolute atomic E-state index is 6.04. The average molecular weight is 310 g/mol. The van der Waals surface area contributed by atoms with Crippen molar-refractivity contribution >= 4 is 9.28 Å². The standard InChI is InChI=1S/C18H33O2Si/c1-3-6-19-21(20-7-4-2)8-5-18-12-15-9-16(13-18)11-17(10-15)14-18/h15-17H,3-14H2,1-2H3. The Morgan fingerprint density at radius 3 is 1.76 bits per heavy atom. The molecule has 0 aromatic carbocycles. The third-order valence-corrected chi connectivity index (χ3v) is 7.67. The topological polar surface area (TPSA) is 18.5 Å². The lowest BCUT2D eigenvalue weighted by Crippen LogP contribution is -2.46. The summed E-state index contributed by atoms with van der Waals surface area (Å²) in [6.07, 6.45) is 12.8. The van der Waals surface area contributed by atoms with Gasteiger partial charge in [0, 0.05) is 13.2 Å². The van der Waals surface area contributed by atoms with Crippen molar-refractivity contribution in [2.75, 3.05) is 13.2 Å². The van der Waals surface area contributed by atoms with Gasteiger partial charge in [-0.15, -0.1) is 0 Å². The van der Waals surface area contributed by atoms with E-state index >= 15 is 0 Å². The van der Waals surface area contributed by atoms with Crippen LogP contribution in [0.1, 0.15) is 71.6 Å². The normalized spacial score (nSPS) is 37.6. The number of hydrogen-bond acceptors (Lipinski definition) is 2. The molecular formula is C18H33O2Si. The highest BCUT2D eigenvalue weighted by Gasteiger charge is 2.50. The Bertz CT molecular complexity index is 288. The zero-order chi connectivity index (χ0) is 14.7. The molecule has 4 fully saturated rings. The van der Waals surface area contributed by atoms with Crippen LogP contribution in [-0.2, 0) is 8.85 Å². The molecule has 0 aromatic rings. The van der Waals surface area contributed by atoms with Crippen LogP contribution in [0.3, 0.4) is 0 Å². The minimum atomic E-state index is -1.01. The predicted molar refractivity (Wildman–Crippen MR) is 88.3 cm³/mol. The number of rotatable bonds is 9. The average Bonchev–Trinajstić information content (AvgIpc) is 2.45. The van der Waals surface area contributed by atoms with E-state index in [1.165, 1.54) is 31.7 Å². The van der Waals surface area contributed by atoms with Gasteiger partial charge in [-0.1, -0.05) is 13.8 Å². The second-order valence-electron chi connectivity index (χ2n) is 7.99. The summed E-state index contributed by atoms with van der Waals surface area (Å²) in [5, 5.41) is 0. The van der Waals surface area contributed by atoms with Gasteiger partial charge >= 0.3 is 9.28 Å². The Morgan fingerprint density at radius 2 is 1.33 bits per heavy atom. The molecule has 0 amide bonds. The lowest BCUT2D eigenvalue weighted by atomic mass is 9.49. The van der Waals surface area contributed by atoms with Crippen LogP contribution in [0.2, 0.25) is 6.04 Å². The second kappa shape index (κ2) is 7.14. The summed E-state index contributed by atoms with van der Waals surface area (Å²) in [7, 11) is -1.01. The Balaban J connectivity index is 1.52. The summed E-state index contributed by atoms with van der Waals surface area (Å²) in [5.41, 5.74) is 0.690. The van der Waals surface area contributed by atoms with E-state index < -0.39 is 9.28 Å². The largest absolute Gasteiger partial charge is 0.393 e. The van der Waals surface area contributed by atoms with E-state index in [4.69, 9.17) is 8.85 Å². The van der Waals surface area contributed by atoms with E-state index in [0.29, 0.717) is 5.41 Å². The Labute approximate surface area is 132 Å². The first-order valence-corrected chi connectivity index (χ1v) is 10.9. The molecule has 0 spiro atoms. The van der Waals surface area contributed by atoms with Gasteiger partial charge in [-0.05, 0) is 87.0 Å². The van der Waals surface area contributed by atoms with Crippen molar-refractivity contribution in [1.29, 1.82) is 0 Å². The van der Waals surface area contributed by atoms with Gasteiger partial charge in [-0.2, -0.15) is 0 Å². The van der Waals surface area contributed by atoms with Gasteiger partial charge in [0.2, 0.25) is 0 Å². The first-order chi connectivity index (χ1) is 10.2. The quantitative estimate of drug-likeness (QED) is 0.562. The van der Waals surface area contributed by atoms with Gasteiger partial charge in [0.25, 0.3) is 0 Å². The predicted octanol–water partition coefficient (Wildman–Crippen LogP) is 4.93. The maximum Gasteiger partial charge on any atom is 0.384 e. The third kappa shape index (κ3) is 3.91. The van der Waals surface area contributed by atoms with E-state index in [-0.39, 0.29) is 0 Å². The molecular weight excluding hydrogens is 276 g/mol. The third-order valence-electron chi connectivity index (χ3n) is 5.96. The molecule has 0 heterocycles. The van der Waals surface area contributed by atoms with Crippen molar-refractivity contribution in [1.82, 2.24) is 0 Å². The van der Waals surface area contributed by atoms with Crippen molar-refractivity contribution < 1.29 is 8.85 Å². The Kier molecular flexibility index (Phi) is 5.44. The summed E-state index contributed by atoms with van der Waals surface area (Å²) in [6, 6.07) is 1.22. The fraction of sp³-hybridized carbons (Fsp3) is 1.00. The minimum absolute atomic E-state index is 0.690. The van der Waals surface area contributed by atoms with E-state index in [0.717, 1.165) is 43.8 Å². The highest BCUT2D eigenvalue weighted by molar-refractivity contribution is 6.44. The summed E-state index contributed by atoms with van der Waals surface area (Å²) in [6.45, 7) is 6.16. The van der Waals surface area contributed by atoms with E-state index in [1.54, 1.807) is 19.3 Å². The molecule has 0 atom stereocenters. The van der Waals surface area contributed by atoms with Crippen molar-refractivity contribution in [3.05, 3.63) is 0 Å². The highest BCUT2D eigenvalue weighted by Crippen LogP contribution is 2.61. The van der Waals surface area contributed by atoms with Crippen LogP contribution in [0.5, 0.6) is 0 Å². The maximum atomic E-state index is 6.04. The van der Waals surface area contributed by atoms with Crippen LogP contribution in [0, 0.1) is 23.2 Å². The molecule has 0 aliphatic heterocycles. The molecule has 4 aliphatic rings. The molecule has 4 aliphatic carbocycles. The van der Waals surface area contributed by atoms with Crippen LogP contribution in [-0.4, -0.2) is 22.5 Å². The van der Waals surface area contributed by atoms with Crippen molar-refractivity contribution in [2.45, 2.75) is 77.7 Å². The van der Waals surface area contributed by atoms with Crippen LogP contribution >= 0.6 is 0 Å². The van der Waals surface area contributed by atoms with Crippen LogP contribution in [0.4, 0.5) is 0 Å². The van der Waals surface area contributed by atoms with Gasteiger partial charge in [0.15, 0.2) is 0 Å². The van der Waals surface area contributed by atoms with Gasteiger partial charge < -0.3 is 8.85 Å². The molecule has 1 radical (unpaired) electrons. The van der Waals surface area contributed by atoms with Gasteiger partial charge in [-0.25, -0.2) is 0 Å². The van der Waals surface area contributed by atoms with Crippen molar-refractivity contribution in [3.8, 4) is 0 Å². The van der Waals surface area contributed by atoms with Gasteiger partial charge in [0.05, 0.1) is 0 Å². The minimum Gasteiger partial charge on any atom is -0.393 e.